The van der Waals surface area contributed by atoms with E-state index in [9.17, 15) is 9.59 Å². The zero-order valence-corrected chi connectivity index (χ0v) is 19.8. The lowest BCUT2D eigenvalue weighted by Gasteiger charge is -2.09. The molecule has 0 saturated carbocycles. The van der Waals surface area contributed by atoms with Gasteiger partial charge in [-0.05, 0) is 37.6 Å². The van der Waals surface area contributed by atoms with Crippen molar-refractivity contribution in [3.05, 3.63) is 96.3 Å². The average Bonchev–Trinajstić information content (AvgIpc) is 3.29. The maximum atomic E-state index is 12.7. The molecule has 0 unspecified atom stereocenters. The lowest BCUT2D eigenvalue weighted by Crippen LogP contribution is -2.26. The molecule has 35 heavy (non-hydrogen) atoms. The van der Waals surface area contributed by atoms with Crippen molar-refractivity contribution in [1.82, 2.24) is 20.1 Å². The fraction of sp³-hybridized carbons (Fsp3) is 0.214. The van der Waals surface area contributed by atoms with Crippen LogP contribution in [-0.4, -0.2) is 33.1 Å². The molecule has 0 bridgehead atoms. The number of pyridine rings is 1. The Hall–Kier alpha value is -4.26. The smallest absolute Gasteiger partial charge is 0.225 e. The maximum Gasteiger partial charge on any atom is 0.225 e. The number of carbonyl (C=O) groups is 2. The number of anilines is 1. The van der Waals surface area contributed by atoms with Crippen LogP contribution in [0.1, 0.15) is 30.5 Å². The molecular formula is C28H29N5O2. The number of carbonyl (C=O) groups excluding carboxylic acids is 2. The quantitative estimate of drug-likeness (QED) is 0.354. The molecule has 0 saturated heterocycles. The van der Waals surface area contributed by atoms with Gasteiger partial charge in [0.1, 0.15) is 5.82 Å². The number of nitrogens with one attached hydrogen (secondary N) is 2. The van der Waals surface area contributed by atoms with Gasteiger partial charge in [0.2, 0.25) is 11.8 Å². The highest BCUT2D eigenvalue weighted by Crippen LogP contribution is 2.25. The number of benzene rings is 2. The van der Waals surface area contributed by atoms with E-state index in [0.29, 0.717) is 31.6 Å². The molecule has 7 nitrogen and oxygen atoms in total. The third-order valence-electron chi connectivity index (χ3n) is 5.56. The van der Waals surface area contributed by atoms with E-state index < -0.39 is 0 Å². The van der Waals surface area contributed by atoms with Gasteiger partial charge in [-0.1, -0.05) is 54.1 Å². The molecular weight excluding hydrogens is 438 g/mol. The van der Waals surface area contributed by atoms with Gasteiger partial charge in [-0.25, -0.2) is 4.68 Å². The first-order valence-corrected chi connectivity index (χ1v) is 11.8. The van der Waals surface area contributed by atoms with Gasteiger partial charge in [-0.15, -0.1) is 0 Å². The summed E-state index contributed by atoms with van der Waals surface area (Å²) in [6, 6.07) is 25.4. The number of amides is 2. The molecule has 0 aliphatic heterocycles. The molecule has 0 spiro atoms. The van der Waals surface area contributed by atoms with Gasteiger partial charge in [-0.2, -0.15) is 5.10 Å². The summed E-state index contributed by atoms with van der Waals surface area (Å²) in [5.41, 5.74) is 4.69. The van der Waals surface area contributed by atoms with Gasteiger partial charge in [0.05, 0.1) is 11.4 Å². The number of rotatable bonds is 10. The number of aromatic nitrogens is 3. The van der Waals surface area contributed by atoms with Gasteiger partial charge < -0.3 is 10.6 Å². The molecule has 0 aliphatic carbocycles. The first-order chi connectivity index (χ1) is 17.1. The SMILES string of the molecule is Cc1ccc(-n2nc(-c3ccccc3)cc2NC(=O)CCCC(=O)NCCc2ccccn2)cc1. The molecule has 0 aliphatic rings. The number of hydrogen-bond donors (Lipinski definition) is 2. The molecule has 178 valence electrons. The largest absolute Gasteiger partial charge is 0.356 e. The number of aryl methyl sites for hydroxylation is 1. The lowest BCUT2D eigenvalue weighted by atomic mass is 10.1. The predicted molar refractivity (Wildman–Crippen MR) is 137 cm³/mol. The number of nitrogens with zero attached hydrogens (tertiary/aromatic N) is 3. The third-order valence-corrected chi connectivity index (χ3v) is 5.56. The zero-order valence-electron chi connectivity index (χ0n) is 19.8. The molecule has 2 N–H and O–H groups in total. The Morgan fingerprint density at radius 2 is 1.63 bits per heavy atom. The minimum atomic E-state index is -0.154. The summed E-state index contributed by atoms with van der Waals surface area (Å²) >= 11 is 0. The summed E-state index contributed by atoms with van der Waals surface area (Å²) in [6.45, 7) is 2.56. The summed E-state index contributed by atoms with van der Waals surface area (Å²) in [7, 11) is 0. The van der Waals surface area contributed by atoms with Crippen molar-refractivity contribution >= 4 is 17.6 Å². The second kappa shape index (κ2) is 11.7. The van der Waals surface area contributed by atoms with Gasteiger partial charge in [-0.3, -0.25) is 14.6 Å². The molecule has 7 heteroatoms. The first-order valence-electron chi connectivity index (χ1n) is 11.8. The zero-order chi connectivity index (χ0) is 24.5. The Bertz CT molecular complexity index is 1250. The Kier molecular flexibility index (Phi) is 8.01. The summed E-state index contributed by atoms with van der Waals surface area (Å²) < 4.78 is 1.74. The molecule has 0 fully saturated rings. The summed E-state index contributed by atoms with van der Waals surface area (Å²) in [5.74, 6) is 0.376. The second-order valence-electron chi connectivity index (χ2n) is 8.35. The van der Waals surface area contributed by atoms with E-state index in [2.05, 4.69) is 15.6 Å². The minimum absolute atomic E-state index is 0.0650. The first kappa shape index (κ1) is 23.9. The fourth-order valence-corrected chi connectivity index (χ4v) is 3.68. The van der Waals surface area contributed by atoms with Crippen molar-refractivity contribution in [1.29, 1.82) is 0 Å². The van der Waals surface area contributed by atoms with Crippen molar-refractivity contribution < 1.29 is 9.59 Å². The van der Waals surface area contributed by atoms with E-state index in [1.54, 1.807) is 10.9 Å². The van der Waals surface area contributed by atoms with Crippen LogP contribution in [0.15, 0.2) is 85.1 Å². The normalized spacial score (nSPS) is 10.7. The van der Waals surface area contributed by atoms with Crippen LogP contribution in [0.5, 0.6) is 0 Å². The monoisotopic (exact) mass is 467 g/mol. The van der Waals surface area contributed by atoms with Crippen LogP contribution in [0.25, 0.3) is 16.9 Å². The molecule has 4 aromatic rings. The van der Waals surface area contributed by atoms with E-state index in [-0.39, 0.29) is 18.2 Å². The predicted octanol–water partition coefficient (Wildman–Crippen LogP) is 4.71. The Labute approximate surface area is 205 Å². The minimum Gasteiger partial charge on any atom is -0.356 e. The summed E-state index contributed by atoms with van der Waals surface area (Å²) in [6.07, 6.45) is 3.42. The van der Waals surface area contributed by atoms with Crippen LogP contribution >= 0.6 is 0 Å². The fourth-order valence-electron chi connectivity index (χ4n) is 3.68. The molecule has 2 aromatic carbocycles. The van der Waals surface area contributed by atoms with Gasteiger partial charge in [0.15, 0.2) is 0 Å². The molecule has 0 radical (unpaired) electrons. The van der Waals surface area contributed by atoms with E-state index >= 15 is 0 Å². The van der Waals surface area contributed by atoms with Crippen molar-refractivity contribution in [3.63, 3.8) is 0 Å². The van der Waals surface area contributed by atoms with Crippen LogP contribution in [0, 0.1) is 6.92 Å². The summed E-state index contributed by atoms with van der Waals surface area (Å²) in [4.78, 5) is 29.1. The van der Waals surface area contributed by atoms with Crippen molar-refractivity contribution in [2.45, 2.75) is 32.6 Å². The van der Waals surface area contributed by atoms with Gasteiger partial charge in [0, 0.05) is 49.3 Å². The molecule has 0 atom stereocenters. The molecule has 2 amide bonds. The molecule has 2 heterocycles. The standard InChI is InChI=1S/C28H29N5O2/c1-21-13-15-24(16-14-21)33-26(20-25(32-33)22-8-3-2-4-9-22)31-28(35)12-7-11-27(34)30-19-17-23-10-5-6-18-29-23/h2-6,8-10,13-16,18,20H,7,11-12,17,19H2,1H3,(H,30,34)(H,31,35). The van der Waals surface area contributed by atoms with Gasteiger partial charge in [0.25, 0.3) is 0 Å². The van der Waals surface area contributed by atoms with Crippen molar-refractivity contribution in [2.24, 2.45) is 0 Å². The molecule has 4 rings (SSSR count). The maximum absolute atomic E-state index is 12.7. The highest BCUT2D eigenvalue weighted by molar-refractivity contribution is 5.91. The van der Waals surface area contributed by atoms with Crippen molar-refractivity contribution in [3.8, 4) is 16.9 Å². The molecule has 2 aromatic heterocycles. The van der Waals surface area contributed by atoms with E-state index in [1.165, 1.54) is 0 Å². The third kappa shape index (κ3) is 6.86. The summed E-state index contributed by atoms with van der Waals surface area (Å²) in [5, 5.41) is 10.6. The van der Waals surface area contributed by atoms with Crippen LogP contribution in [0.4, 0.5) is 5.82 Å². The number of hydrogen-bond acceptors (Lipinski definition) is 4. The highest BCUT2D eigenvalue weighted by Gasteiger charge is 2.14. The average molecular weight is 468 g/mol. The van der Waals surface area contributed by atoms with E-state index in [4.69, 9.17) is 5.10 Å². The van der Waals surface area contributed by atoms with Gasteiger partial charge >= 0.3 is 0 Å². The lowest BCUT2D eigenvalue weighted by molar-refractivity contribution is -0.121. The van der Waals surface area contributed by atoms with Crippen LogP contribution in [0.3, 0.4) is 0 Å². The van der Waals surface area contributed by atoms with Crippen LogP contribution < -0.4 is 10.6 Å². The van der Waals surface area contributed by atoms with E-state index in [1.807, 2.05) is 85.8 Å². The van der Waals surface area contributed by atoms with E-state index in [0.717, 1.165) is 28.2 Å². The van der Waals surface area contributed by atoms with Crippen LogP contribution in [0.2, 0.25) is 0 Å². The topological polar surface area (TPSA) is 88.9 Å². The Morgan fingerprint density at radius 3 is 2.37 bits per heavy atom. The second-order valence-corrected chi connectivity index (χ2v) is 8.35. The van der Waals surface area contributed by atoms with Crippen molar-refractivity contribution in [2.75, 3.05) is 11.9 Å². The Morgan fingerprint density at radius 1 is 0.886 bits per heavy atom. The van der Waals surface area contributed by atoms with Crippen LogP contribution in [-0.2, 0) is 16.0 Å². The Balaban J connectivity index is 1.33. The highest BCUT2D eigenvalue weighted by atomic mass is 16.2.